The fourth-order valence-electron chi connectivity index (χ4n) is 2.74. The second kappa shape index (κ2) is 9.88. The van der Waals surface area contributed by atoms with Crippen LogP contribution in [0, 0.1) is 11.7 Å². The van der Waals surface area contributed by atoms with Crippen LogP contribution in [0.2, 0.25) is 0 Å². The van der Waals surface area contributed by atoms with Gasteiger partial charge in [-0.3, -0.25) is 4.79 Å². The molecule has 3 aromatic rings. The van der Waals surface area contributed by atoms with Gasteiger partial charge in [-0.1, -0.05) is 31.1 Å². The molecule has 170 valence electrons. The van der Waals surface area contributed by atoms with Gasteiger partial charge in [0.2, 0.25) is 15.8 Å². The second-order valence-corrected chi connectivity index (χ2v) is 8.81. The third-order valence-corrected chi connectivity index (χ3v) is 5.95. The fraction of sp³-hybridized carbons (Fsp3) is 0.286. The number of nitrogens with one attached hydrogen (secondary N) is 1. The largest absolute Gasteiger partial charge is 0.497 e. The van der Waals surface area contributed by atoms with Gasteiger partial charge in [-0.05, 0) is 42.3 Å². The molecule has 1 heterocycles. The van der Waals surface area contributed by atoms with Gasteiger partial charge in [0, 0.05) is 5.56 Å². The van der Waals surface area contributed by atoms with Crippen LogP contribution >= 0.6 is 0 Å². The summed E-state index contributed by atoms with van der Waals surface area (Å²) < 4.78 is 56.7. The van der Waals surface area contributed by atoms with Crippen molar-refractivity contribution in [1.29, 1.82) is 0 Å². The Balaban J connectivity index is 1.67. The van der Waals surface area contributed by atoms with Crippen LogP contribution in [-0.4, -0.2) is 37.7 Å². The standard InChI is InChI=1S/C21H22FN3O6S/c1-13(2)19(25-32(27,28)17-7-5-4-6-16(17)22)21(26)30-12-18-23-20(31-24-18)14-8-10-15(29-3)11-9-14/h4-11,13,19,25H,12H2,1-3H3/t19-/m0/s1. The third-order valence-electron chi connectivity index (χ3n) is 4.48. The molecule has 9 nitrogen and oxygen atoms in total. The van der Waals surface area contributed by atoms with Crippen molar-refractivity contribution < 1.29 is 31.6 Å². The van der Waals surface area contributed by atoms with Crippen molar-refractivity contribution in [3.8, 4) is 17.2 Å². The minimum atomic E-state index is -4.29. The Bertz CT molecular complexity index is 1180. The van der Waals surface area contributed by atoms with Crippen LogP contribution in [0.3, 0.4) is 0 Å². The van der Waals surface area contributed by atoms with Crippen molar-refractivity contribution in [3.05, 3.63) is 60.2 Å². The summed E-state index contributed by atoms with van der Waals surface area (Å²) in [4.78, 5) is 16.2. The van der Waals surface area contributed by atoms with Gasteiger partial charge in [-0.2, -0.15) is 9.71 Å². The first kappa shape index (κ1) is 23.4. The number of sulfonamides is 1. The van der Waals surface area contributed by atoms with Crippen molar-refractivity contribution in [2.45, 2.75) is 31.4 Å². The maximum absolute atomic E-state index is 13.9. The number of esters is 1. The number of nitrogens with zero attached hydrogens (tertiary/aromatic N) is 2. The first-order chi connectivity index (χ1) is 15.2. The molecule has 0 aliphatic rings. The summed E-state index contributed by atoms with van der Waals surface area (Å²) >= 11 is 0. The van der Waals surface area contributed by atoms with Crippen LogP contribution in [0.1, 0.15) is 19.7 Å². The molecule has 0 aliphatic carbocycles. The van der Waals surface area contributed by atoms with E-state index in [0.29, 0.717) is 11.3 Å². The molecule has 0 unspecified atom stereocenters. The lowest BCUT2D eigenvalue weighted by molar-refractivity contribution is -0.148. The second-order valence-electron chi connectivity index (χ2n) is 7.13. The van der Waals surface area contributed by atoms with Gasteiger partial charge in [0.05, 0.1) is 7.11 Å². The van der Waals surface area contributed by atoms with Gasteiger partial charge in [0.25, 0.3) is 5.89 Å². The van der Waals surface area contributed by atoms with Crippen LogP contribution in [0.15, 0.2) is 57.9 Å². The van der Waals surface area contributed by atoms with Crippen molar-refractivity contribution >= 4 is 16.0 Å². The fourth-order valence-corrected chi connectivity index (χ4v) is 4.15. The van der Waals surface area contributed by atoms with Crippen molar-refractivity contribution in [3.63, 3.8) is 0 Å². The minimum Gasteiger partial charge on any atom is -0.497 e. The Kier molecular flexibility index (Phi) is 7.21. The van der Waals surface area contributed by atoms with Crippen LogP contribution in [0.4, 0.5) is 4.39 Å². The van der Waals surface area contributed by atoms with Gasteiger partial charge in [0.1, 0.15) is 22.5 Å². The number of aromatic nitrogens is 2. The number of carbonyl (C=O) groups excluding carboxylic acids is 1. The number of halogens is 1. The predicted molar refractivity (Wildman–Crippen MR) is 111 cm³/mol. The lowest BCUT2D eigenvalue weighted by atomic mass is 10.1. The molecule has 0 bridgehead atoms. The Morgan fingerprint density at radius 2 is 1.84 bits per heavy atom. The van der Waals surface area contributed by atoms with Gasteiger partial charge >= 0.3 is 5.97 Å². The van der Waals surface area contributed by atoms with Gasteiger partial charge in [0.15, 0.2) is 6.61 Å². The summed E-state index contributed by atoms with van der Waals surface area (Å²) in [6.45, 7) is 2.93. The first-order valence-corrected chi connectivity index (χ1v) is 11.1. The van der Waals surface area contributed by atoms with Crippen molar-refractivity contribution in [2.75, 3.05) is 7.11 Å². The number of hydrogen-bond acceptors (Lipinski definition) is 8. The summed E-state index contributed by atoms with van der Waals surface area (Å²) in [6, 6.07) is 10.6. The van der Waals surface area contributed by atoms with E-state index in [1.165, 1.54) is 12.1 Å². The monoisotopic (exact) mass is 463 g/mol. The lowest BCUT2D eigenvalue weighted by Crippen LogP contribution is -2.45. The average Bonchev–Trinajstić information content (AvgIpc) is 3.25. The molecule has 11 heteroatoms. The first-order valence-electron chi connectivity index (χ1n) is 9.62. The van der Waals surface area contributed by atoms with Crippen LogP contribution in [0.5, 0.6) is 5.75 Å². The molecule has 0 saturated carbocycles. The number of benzene rings is 2. The molecule has 0 spiro atoms. The number of hydrogen-bond donors (Lipinski definition) is 1. The summed E-state index contributed by atoms with van der Waals surface area (Å²) in [5, 5.41) is 3.76. The van der Waals surface area contributed by atoms with E-state index in [4.69, 9.17) is 14.0 Å². The average molecular weight is 463 g/mol. The van der Waals surface area contributed by atoms with Crippen LogP contribution < -0.4 is 9.46 Å². The Hall–Kier alpha value is -3.31. The quantitative estimate of drug-likeness (QED) is 0.481. The zero-order valence-electron chi connectivity index (χ0n) is 17.6. The smallest absolute Gasteiger partial charge is 0.324 e. The topological polar surface area (TPSA) is 121 Å². The Morgan fingerprint density at radius 3 is 2.47 bits per heavy atom. The van der Waals surface area contributed by atoms with E-state index in [2.05, 4.69) is 14.9 Å². The van der Waals surface area contributed by atoms with Crippen LogP contribution in [0.25, 0.3) is 11.5 Å². The zero-order valence-corrected chi connectivity index (χ0v) is 18.4. The van der Waals surface area contributed by atoms with E-state index < -0.39 is 38.7 Å². The molecule has 0 radical (unpaired) electrons. The predicted octanol–water partition coefficient (Wildman–Crippen LogP) is 2.93. The van der Waals surface area contributed by atoms with Crippen molar-refractivity contribution in [1.82, 2.24) is 14.9 Å². The van der Waals surface area contributed by atoms with E-state index in [9.17, 15) is 17.6 Å². The maximum Gasteiger partial charge on any atom is 0.324 e. The maximum atomic E-state index is 13.9. The number of rotatable bonds is 9. The molecule has 1 atom stereocenters. The minimum absolute atomic E-state index is 0.101. The molecular weight excluding hydrogens is 441 g/mol. The molecule has 3 rings (SSSR count). The molecule has 0 amide bonds. The highest BCUT2D eigenvalue weighted by Gasteiger charge is 2.31. The molecule has 0 saturated heterocycles. The van der Waals surface area contributed by atoms with E-state index in [1.807, 2.05) is 0 Å². The molecule has 0 fully saturated rings. The molecule has 2 aromatic carbocycles. The number of ether oxygens (including phenoxy) is 2. The van der Waals surface area contributed by atoms with Gasteiger partial charge in [-0.25, -0.2) is 12.8 Å². The highest BCUT2D eigenvalue weighted by atomic mass is 32.2. The SMILES string of the molecule is COc1ccc(-c2nc(COC(=O)[C@@H](NS(=O)(=O)c3ccccc3F)C(C)C)no2)cc1. The number of carbonyl (C=O) groups is 1. The molecular formula is C21H22FN3O6S. The Morgan fingerprint density at radius 1 is 1.16 bits per heavy atom. The highest BCUT2D eigenvalue weighted by molar-refractivity contribution is 7.89. The van der Waals surface area contributed by atoms with Crippen molar-refractivity contribution in [2.24, 2.45) is 5.92 Å². The van der Waals surface area contributed by atoms with Crippen LogP contribution in [-0.2, 0) is 26.2 Å². The highest BCUT2D eigenvalue weighted by Crippen LogP contribution is 2.21. The Labute approximate surface area is 184 Å². The summed E-state index contributed by atoms with van der Waals surface area (Å²) in [6.07, 6.45) is 0. The summed E-state index contributed by atoms with van der Waals surface area (Å²) in [5.74, 6) is -1.25. The van der Waals surface area contributed by atoms with E-state index in [-0.39, 0.29) is 18.3 Å². The molecule has 0 aliphatic heterocycles. The summed E-state index contributed by atoms with van der Waals surface area (Å²) in [5.41, 5.74) is 0.647. The van der Waals surface area contributed by atoms with E-state index >= 15 is 0 Å². The number of methoxy groups -OCH3 is 1. The van der Waals surface area contributed by atoms with Gasteiger partial charge < -0.3 is 14.0 Å². The molecule has 1 N–H and O–H groups in total. The van der Waals surface area contributed by atoms with Gasteiger partial charge in [-0.15, -0.1) is 0 Å². The van der Waals surface area contributed by atoms with E-state index in [0.717, 1.165) is 12.1 Å². The third kappa shape index (κ3) is 5.48. The summed E-state index contributed by atoms with van der Waals surface area (Å²) in [7, 11) is -2.74. The van der Waals surface area contributed by atoms with E-state index in [1.54, 1.807) is 45.2 Å². The molecule has 1 aromatic heterocycles. The zero-order chi connectivity index (χ0) is 23.3. The lowest BCUT2D eigenvalue weighted by Gasteiger charge is -2.20. The normalized spacial score (nSPS) is 12.5. The molecule has 32 heavy (non-hydrogen) atoms.